The molecule has 4 aromatic rings. The molecule has 7 rings (SSSR count). The number of pyridine rings is 2. The number of carbonyl (C=O) groups excluding carboxylic acids is 1. The number of benzene rings is 2. The highest BCUT2D eigenvalue weighted by Gasteiger charge is 2.51. The Balaban J connectivity index is 1.23. The van der Waals surface area contributed by atoms with Crippen molar-refractivity contribution in [2.24, 2.45) is 0 Å². The molecule has 2 aliphatic heterocycles. The molecule has 0 saturated carbocycles. The van der Waals surface area contributed by atoms with E-state index in [1.54, 1.807) is 6.20 Å². The molecular formula is C27H22N4O. The quantitative estimate of drug-likeness (QED) is 0.531. The topological polar surface area (TPSA) is 58.1 Å². The van der Waals surface area contributed by atoms with Crippen LogP contribution in [-0.2, 0) is 36.0 Å². The van der Waals surface area contributed by atoms with Crippen LogP contribution in [-0.4, -0.2) is 22.4 Å². The molecule has 1 spiro atoms. The number of para-hydroxylation sites is 1. The predicted octanol–water partition coefficient (Wildman–Crippen LogP) is 4.18. The number of anilines is 2. The zero-order valence-electron chi connectivity index (χ0n) is 17.6. The third kappa shape index (κ3) is 2.48. The van der Waals surface area contributed by atoms with Crippen LogP contribution < -0.4 is 10.2 Å². The van der Waals surface area contributed by atoms with Gasteiger partial charge in [0.15, 0.2) is 0 Å². The number of amides is 1. The van der Waals surface area contributed by atoms with E-state index in [9.17, 15) is 4.79 Å². The molecule has 1 amide bonds. The van der Waals surface area contributed by atoms with Gasteiger partial charge in [-0.25, -0.2) is 4.98 Å². The molecule has 0 fully saturated rings. The Morgan fingerprint density at radius 3 is 2.78 bits per heavy atom. The minimum atomic E-state index is -0.536. The van der Waals surface area contributed by atoms with Gasteiger partial charge in [-0.3, -0.25) is 9.78 Å². The van der Waals surface area contributed by atoms with E-state index >= 15 is 0 Å². The smallest absolute Gasteiger partial charge is 0.237 e. The third-order valence-corrected chi connectivity index (χ3v) is 7.38. The van der Waals surface area contributed by atoms with Crippen molar-refractivity contribution in [1.82, 2.24) is 9.97 Å². The molecule has 0 bridgehead atoms. The summed E-state index contributed by atoms with van der Waals surface area (Å²) >= 11 is 0. The van der Waals surface area contributed by atoms with E-state index in [1.807, 2.05) is 12.1 Å². The van der Waals surface area contributed by atoms with E-state index in [-0.39, 0.29) is 5.91 Å². The molecule has 1 unspecified atom stereocenters. The molecule has 1 N–H and O–H groups in total. The number of aromatic nitrogens is 2. The third-order valence-electron chi connectivity index (χ3n) is 7.38. The fourth-order valence-corrected chi connectivity index (χ4v) is 5.79. The first kappa shape index (κ1) is 17.9. The molecule has 4 heterocycles. The minimum Gasteiger partial charge on any atom is -0.365 e. The second kappa shape index (κ2) is 6.39. The first-order valence-corrected chi connectivity index (χ1v) is 11.2. The van der Waals surface area contributed by atoms with Crippen LogP contribution >= 0.6 is 0 Å². The fourth-order valence-electron chi connectivity index (χ4n) is 5.79. The van der Waals surface area contributed by atoms with Gasteiger partial charge in [-0.15, -0.1) is 0 Å². The molecule has 2 aromatic heterocycles. The summed E-state index contributed by atoms with van der Waals surface area (Å²) in [6.07, 6.45) is 4.25. The molecule has 0 radical (unpaired) electrons. The number of fused-ring (bicyclic) bond motifs is 5. The van der Waals surface area contributed by atoms with Crippen LogP contribution in [0.4, 0.5) is 11.5 Å². The lowest BCUT2D eigenvalue weighted by Gasteiger charge is -2.20. The second-order valence-electron chi connectivity index (χ2n) is 9.21. The summed E-state index contributed by atoms with van der Waals surface area (Å²) < 4.78 is 0. The van der Waals surface area contributed by atoms with Crippen LogP contribution in [0.15, 0.2) is 66.9 Å². The summed E-state index contributed by atoms with van der Waals surface area (Å²) in [5.41, 5.74) is 7.78. The van der Waals surface area contributed by atoms with Crippen LogP contribution in [0.2, 0.25) is 0 Å². The number of rotatable bonds is 2. The molecule has 2 aromatic carbocycles. The summed E-state index contributed by atoms with van der Waals surface area (Å²) in [5.74, 6) is 0.772. The highest BCUT2D eigenvalue weighted by atomic mass is 16.2. The molecule has 5 heteroatoms. The van der Waals surface area contributed by atoms with Gasteiger partial charge in [0.1, 0.15) is 5.82 Å². The number of carbonyl (C=O) groups is 1. The van der Waals surface area contributed by atoms with Gasteiger partial charge in [0, 0.05) is 29.4 Å². The van der Waals surface area contributed by atoms with Crippen molar-refractivity contribution < 1.29 is 4.79 Å². The molecule has 1 aliphatic carbocycles. The number of hydrogen-bond acceptors (Lipinski definition) is 4. The standard InChI is InChI=1S/C27H22N4O/c32-26-27(22-5-3-10-28-25(22)30-26)14-19-12-18-7-8-21(29-23(18)13-20(19)15-27)16-31-11-9-17-4-1-2-6-24(17)31/h1-8,10,12-13H,9,11,14-16H2,(H,28,30,32). The van der Waals surface area contributed by atoms with E-state index in [2.05, 4.69) is 63.7 Å². The van der Waals surface area contributed by atoms with Crippen molar-refractivity contribution in [3.8, 4) is 0 Å². The molecule has 5 nitrogen and oxygen atoms in total. The molecule has 3 aliphatic rings. The Bertz CT molecular complexity index is 1430. The lowest BCUT2D eigenvalue weighted by molar-refractivity contribution is -0.120. The lowest BCUT2D eigenvalue weighted by Crippen LogP contribution is -2.35. The van der Waals surface area contributed by atoms with Gasteiger partial charge in [0.05, 0.1) is 23.2 Å². The van der Waals surface area contributed by atoms with E-state index in [1.165, 1.54) is 22.4 Å². The van der Waals surface area contributed by atoms with Crippen LogP contribution in [0, 0.1) is 0 Å². The van der Waals surface area contributed by atoms with Crippen molar-refractivity contribution in [2.75, 3.05) is 16.8 Å². The molecule has 32 heavy (non-hydrogen) atoms. The van der Waals surface area contributed by atoms with Crippen molar-refractivity contribution in [3.63, 3.8) is 0 Å². The fraction of sp³-hybridized carbons (Fsp3) is 0.222. The van der Waals surface area contributed by atoms with E-state index in [0.29, 0.717) is 12.2 Å². The van der Waals surface area contributed by atoms with Gasteiger partial charge in [0.2, 0.25) is 5.91 Å². The summed E-state index contributed by atoms with van der Waals surface area (Å²) in [5, 5.41) is 4.13. The van der Waals surface area contributed by atoms with E-state index in [4.69, 9.17) is 4.98 Å². The Morgan fingerprint density at radius 1 is 0.969 bits per heavy atom. The summed E-state index contributed by atoms with van der Waals surface area (Å²) in [4.78, 5) is 24.8. The van der Waals surface area contributed by atoms with Gasteiger partial charge in [0.25, 0.3) is 0 Å². The first-order chi connectivity index (χ1) is 15.7. The summed E-state index contributed by atoms with van der Waals surface area (Å²) in [6, 6.07) is 21.3. The Labute approximate surface area is 186 Å². The SMILES string of the molecule is O=C1Nc2ncccc2C12Cc1cc3ccc(CN4CCc5ccccc54)nc3cc1C2. The zero-order chi connectivity index (χ0) is 21.3. The lowest BCUT2D eigenvalue weighted by atomic mass is 9.79. The highest BCUT2D eigenvalue weighted by Crippen LogP contribution is 2.47. The van der Waals surface area contributed by atoms with Crippen molar-refractivity contribution in [1.29, 1.82) is 0 Å². The minimum absolute atomic E-state index is 0.0628. The maximum absolute atomic E-state index is 13.0. The maximum atomic E-state index is 13.0. The molecular weight excluding hydrogens is 396 g/mol. The second-order valence-corrected chi connectivity index (χ2v) is 9.21. The monoisotopic (exact) mass is 418 g/mol. The number of nitrogens with one attached hydrogen (secondary N) is 1. The van der Waals surface area contributed by atoms with Crippen LogP contribution in [0.25, 0.3) is 10.9 Å². The zero-order valence-corrected chi connectivity index (χ0v) is 17.6. The van der Waals surface area contributed by atoms with Gasteiger partial charge in [-0.1, -0.05) is 30.3 Å². The molecule has 0 saturated heterocycles. The highest BCUT2D eigenvalue weighted by molar-refractivity contribution is 6.06. The van der Waals surface area contributed by atoms with Crippen molar-refractivity contribution in [3.05, 3.63) is 94.8 Å². The van der Waals surface area contributed by atoms with Crippen molar-refractivity contribution >= 4 is 28.3 Å². The van der Waals surface area contributed by atoms with E-state index < -0.39 is 5.41 Å². The van der Waals surface area contributed by atoms with Gasteiger partial charge >= 0.3 is 0 Å². The Morgan fingerprint density at radius 2 is 1.84 bits per heavy atom. The Hall–Kier alpha value is -3.73. The first-order valence-electron chi connectivity index (χ1n) is 11.2. The van der Waals surface area contributed by atoms with Crippen LogP contribution in [0.1, 0.15) is 27.9 Å². The van der Waals surface area contributed by atoms with Crippen LogP contribution in [0.5, 0.6) is 0 Å². The van der Waals surface area contributed by atoms with E-state index in [0.717, 1.165) is 48.1 Å². The van der Waals surface area contributed by atoms with Crippen molar-refractivity contribution in [2.45, 2.75) is 31.2 Å². The average molecular weight is 419 g/mol. The summed E-state index contributed by atoms with van der Waals surface area (Å²) in [7, 11) is 0. The molecule has 1 atom stereocenters. The van der Waals surface area contributed by atoms with Crippen LogP contribution in [0.3, 0.4) is 0 Å². The van der Waals surface area contributed by atoms with Gasteiger partial charge in [-0.05, 0) is 66.3 Å². The largest absolute Gasteiger partial charge is 0.365 e. The maximum Gasteiger partial charge on any atom is 0.237 e. The summed E-state index contributed by atoms with van der Waals surface area (Å²) in [6.45, 7) is 1.85. The number of nitrogens with zero attached hydrogens (tertiary/aromatic N) is 3. The molecule has 156 valence electrons. The van der Waals surface area contributed by atoms with Gasteiger partial charge < -0.3 is 10.2 Å². The number of hydrogen-bond donors (Lipinski definition) is 1. The average Bonchev–Trinajstić information content (AvgIpc) is 3.47. The Kier molecular flexibility index (Phi) is 3.57. The normalized spacial score (nSPS) is 20.5. The van der Waals surface area contributed by atoms with Gasteiger partial charge in [-0.2, -0.15) is 0 Å². The predicted molar refractivity (Wildman–Crippen MR) is 125 cm³/mol.